The summed E-state index contributed by atoms with van der Waals surface area (Å²) >= 11 is 3.58. The van der Waals surface area contributed by atoms with Crippen LogP contribution in [-0.4, -0.2) is 26.6 Å². The Kier molecular flexibility index (Phi) is 4.33. The number of aryl methyl sites for hydroxylation is 2. The van der Waals surface area contributed by atoms with Gasteiger partial charge in [-0.3, -0.25) is 9.48 Å². The molecule has 1 aliphatic rings. The van der Waals surface area contributed by atoms with Crippen LogP contribution in [0, 0.1) is 13.8 Å². The van der Waals surface area contributed by atoms with Crippen molar-refractivity contribution in [3.63, 3.8) is 0 Å². The molecule has 1 saturated carbocycles. The van der Waals surface area contributed by atoms with Gasteiger partial charge in [-0.05, 0) is 26.7 Å². The predicted octanol–water partition coefficient (Wildman–Crippen LogP) is 2.86. The zero-order valence-corrected chi connectivity index (χ0v) is 13.5. The maximum atomic E-state index is 12.5. The third kappa shape index (κ3) is 2.86. The molecule has 19 heavy (non-hydrogen) atoms. The lowest BCUT2D eigenvalue weighted by Crippen LogP contribution is -2.51. The van der Waals surface area contributed by atoms with Gasteiger partial charge in [0.25, 0.3) is 5.91 Å². The minimum atomic E-state index is -0.0793. The fourth-order valence-electron chi connectivity index (χ4n) is 2.93. The summed E-state index contributed by atoms with van der Waals surface area (Å²) in [6.45, 7) is 3.83. The molecule has 1 amide bonds. The Morgan fingerprint density at radius 3 is 2.47 bits per heavy atom. The molecule has 0 saturated heterocycles. The van der Waals surface area contributed by atoms with E-state index in [1.54, 1.807) is 4.68 Å². The Morgan fingerprint density at radius 1 is 1.37 bits per heavy atom. The van der Waals surface area contributed by atoms with Crippen LogP contribution < -0.4 is 5.32 Å². The molecule has 2 rings (SSSR count). The van der Waals surface area contributed by atoms with Gasteiger partial charge in [-0.2, -0.15) is 5.10 Å². The number of carbonyl (C=O) groups excluding carboxylic acids is 1. The molecule has 0 bridgehead atoms. The van der Waals surface area contributed by atoms with E-state index in [0.717, 1.165) is 35.1 Å². The molecule has 4 nitrogen and oxygen atoms in total. The average molecular weight is 328 g/mol. The number of hydrogen-bond acceptors (Lipinski definition) is 2. The summed E-state index contributed by atoms with van der Waals surface area (Å²) in [4.78, 5) is 12.5. The minimum absolute atomic E-state index is 0.0180. The van der Waals surface area contributed by atoms with Crippen LogP contribution in [0.1, 0.15) is 53.8 Å². The van der Waals surface area contributed by atoms with Crippen LogP contribution in [0.15, 0.2) is 0 Å². The Bertz CT molecular complexity index is 475. The van der Waals surface area contributed by atoms with Gasteiger partial charge in [0.15, 0.2) is 0 Å². The van der Waals surface area contributed by atoms with E-state index in [0.29, 0.717) is 0 Å². The van der Waals surface area contributed by atoms with E-state index in [9.17, 15) is 4.79 Å². The summed E-state index contributed by atoms with van der Waals surface area (Å²) in [7, 11) is 1.87. The maximum Gasteiger partial charge on any atom is 0.255 e. The van der Waals surface area contributed by atoms with Crippen molar-refractivity contribution < 1.29 is 4.79 Å². The van der Waals surface area contributed by atoms with Crippen molar-refractivity contribution >= 4 is 21.8 Å². The highest BCUT2D eigenvalue weighted by Gasteiger charge is 2.33. The molecule has 0 aliphatic heterocycles. The van der Waals surface area contributed by atoms with Crippen LogP contribution in [0.25, 0.3) is 0 Å². The summed E-state index contributed by atoms with van der Waals surface area (Å²) in [6, 6.07) is 0. The van der Waals surface area contributed by atoms with Gasteiger partial charge in [0.2, 0.25) is 0 Å². The zero-order valence-electron chi connectivity index (χ0n) is 11.9. The van der Waals surface area contributed by atoms with Gasteiger partial charge in [-0.25, -0.2) is 0 Å². The molecule has 0 spiro atoms. The van der Waals surface area contributed by atoms with E-state index in [2.05, 4.69) is 26.3 Å². The molecule has 1 aromatic heterocycles. The number of hydrogen-bond donors (Lipinski definition) is 1. The molecule has 1 heterocycles. The second-order valence-corrected chi connectivity index (χ2v) is 6.16. The molecule has 0 atom stereocenters. The van der Waals surface area contributed by atoms with Crippen molar-refractivity contribution in [3.05, 3.63) is 17.0 Å². The Balaban J connectivity index is 2.20. The first-order valence-corrected chi connectivity index (χ1v) is 8.00. The normalized spacial score (nSPS) is 18.3. The largest absolute Gasteiger partial charge is 0.346 e. The molecule has 106 valence electrons. The predicted molar refractivity (Wildman–Crippen MR) is 79.8 cm³/mol. The maximum absolute atomic E-state index is 12.5. The standard InChI is InChI=1S/C14H22BrN3O/c1-10-12(11(2)18(3)17-10)13(19)16-14(9-15)7-5-4-6-8-14/h4-9H2,1-3H3,(H,16,19). The van der Waals surface area contributed by atoms with Gasteiger partial charge in [0.1, 0.15) is 0 Å². The topological polar surface area (TPSA) is 46.9 Å². The van der Waals surface area contributed by atoms with Crippen molar-refractivity contribution in [2.75, 3.05) is 5.33 Å². The number of nitrogens with zero attached hydrogens (tertiary/aromatic N) is 2. The molecule has 0 unspecified atom stereocenters. The van der Waals surface area contributed by atoms with Gasteiger partial charge in [0.05, 0.1) is 16.8 Å². The van der Waals surface area contributed by atoms with Gasteiger partial charge in [-0.15, -0.1) is 0 Å². The smallest absolute Gasteiger partial charge is 0.255 e. The highest BCUT2D eigenvalue weighted by atomic mass is 79.9. The molecular weight excluding hydrogens is 306 g/mol. The zero-order chi connectivity index (χ0) is 14.0. The van der Waals surface area contributed by atoms with Gasteiger partial charge < -0.3 is 5.32 Å². The number of aromatic nitrogens is 2. The minimum Gasteiger partial charge on any atom is -0.346 e. The second kappa shape index (κ2) is 5.65. The number of halogens is 1. The highest BCUT2D eigenvalue weighted by molar-refractivity contribution is 9.09. The van der Waals surface area contributed by atoms with Crippen molar-refractivity contribution in [1.82, 2.24) is 15.1 Å². The molecule has 1 fully saturated rings. The Labute approximate surface area is 123 Å². The first kappa shape index (κ1) is 14.6. The van der Waals surface area contributed by atoms with Crippen LogP contribution in [0.5, 0.6) is 0 Å². The third-order valence-corrected chi connectivity index (χ3v) is 5.25. The molecule has 1 aromatic rings. The summed E-state index contributed by atoms with van der Waals surface area (Å²) in [5.41, 5.74) is 2.38. The summed E-state index contributed by atoms with van der Waals surface area (Å²) in [5, 5.41) is 8.40. The number of alkyl halides is 1. The number of amides is 1. The van der Waals surface area contributed by atoms with Crippen molar-refractivity contribution in [2.45, 2.75) is 51.5 Å². The van der Waals surface area contributed by atoms with Crippen molar-refractivity contribution in [1.29, 1.82) is 0 Å². The number of nitrogens with one attached hydrogen (secondary N) is 1. The quantitative estimate of drug-likeness (QED) is 0.868. The number of rotatable bonds is 3. The van der Waals surface area contributed by atoms with Gasteiger partial charge in [-0.1, -0.05) is 35.2 Å². The first-order chi connectivity index (χ1) is 8.99. The lowest BCUT2D eigenvalue weighted by Gasteiger charge is -2.36. The number of carbonyl (C=O) groups is 1. The summed E-state index contributed by atoms with van der Waals surface area (Å²) < 4.78 is 1.77. The Morgan fingerprint density at radius 2 is 2.00 bits per heavy atom. The van der Waals surface area contributed by atoms with Crippen LogP contribution in [0.2, 0.25) is 0 Å². The highest BCUT2D eigenvalue weighted by Crippen LogP contribution is 2.30. The van der Waals surface area contributed by atoms with Crippen molar-refractivity contribution in [2.24, 2.45) is 7.05 Å². The lowest BCUT2D eigenvalue weighted by molar-refractivity contribution is 0.0885. The molecule has 5 heteroatoms. The van der Waals surface area contributed by atoms with E-state index in [4.69, 9.17) is 0 Å². The summed E-state index contributed by atoms with van der Waals surface area (Å²) in [5.74, 6) is 0.0180. The van der Waals surface area contributed by atoms with E-state index >= 15 is 0 Å². The third-order valence-electron chi connectivity index (χ3n) is 4.18. The van der Waals surface area contributed by atoms with Crippen molar-refractivity contribution in [3.8, 4) is 0 Å². The molecule has 0 aromatic carbocycles. The van der Waals surface area contributed by atoms with E-state index in [1.165, 1.54) is 19.3 Å². The van der Waals surface area contributed by atoms with Crippen LogP contribution in [0.3, 0.4) is 0 Å². The fraction of sp³-hybridized carbons (Fsp3) is 0.714. The molecular formula is C14H22BrN3O. The first-order valence-electron chi connectivity index (χ1n) is 6.88. The monoisotopic (exact) mass is 327 g/mol. The van der Waals surface area contributed by atoms with Crippen LogP contribution in [0.4, 0.5) is 0 Å². The van der Waals surface area contributed by atoms with Crippen LogP contribution in [-0.2, 0) is 7.05 Å². The van der Waals surface area contributed by atoms with Gasteiger partial charge >= 0.3 is 0 Å². The summed E-state index contributed by atoms with van der Waals surface area (Å²) in [6.07, 6.45) is 5.77. The second-order valence-electron chi connectivity index (χ2n) is 5.60. The van der Waals surface area contributed by atoms with E-state index in [1.807, 2.05) is 20.9 Å². The van der Waals surface area contributed by atoms with E-state index < -0.39 is 0 Å². The van der Waals surface area contributed by atoms with E-state index in [-0.39, 0.29) is 11.4 Å². The van der Waals surface area contributed by atoms with Gasteiger partial charge in [0, 0.05) is 18.1 Å². The average Bonchev–Trinajstić information content (AvgIpc) is 2.64. The SMILES string of the molecule is Cc1nn(C)c(C)c1C(=O)NC1(CBr)CCCCC1. The van der Waals surface area contributed by atoms with Crippen LogP contribution >= 0.6 is 15.9 Å². The lowest BCUT2D eigenvalue weighted by atomic mass is 9.83. The molecule has 1 aliphatic carbocycles. The fourth-order valence-corrected chi connectivity index (χ4v) is 3.63. The molecule has 0 radical (unpaired) electrons. The molecule has 1 N–H and O–H groups in total. The Hall–Kier alpha value is -0.840.